The fourth-order valence-electron chi connectivity index (χ4n) is 8.31. The van der Waals surface area contributed by atoms with E-state index in [4.69, 9.17) is 4.42 Å². The molecule has 0 bridgehead atoms. The third kappa shape index (κ3) is 5.53. The second-order valence-electron chi connectivity index (χ2n) is 14.2. The maximum atomic E-state index is 6.34. The van der Waals surface area contributed by atoms with E-state index in [2.05, 4.69) is 205 Å². The first kappa shape index (κ1) is 31.9. The lowest BCUT2D eigenvalue weighted by molar-refractivity contribution is 0.563. The molecule has 1 unspecified atom stereocenters. The third-order valence-corrected chi connectivity index (χ3v) is 10.7. The van der Waals surface area contributed by atoms with E-state index in [-0.39, 0.29) is 0 Å². The van der Waals surface area contributed by atoms with Crippen molar-refractivity contribution in [2.75, 3.05) is 9.80 Å². The quantitative estimate of drug-likeness (QED) is 0.155. The van der Waals surface area contributed by atoms with Crippen LogP contribution in [0, 0.1) is 5.92 Å². The minimum atomic E-state index is 0.394. The summed E-state index contributed by atoms with van der Waals surface area (Å²) in [5.74, 6) is 0.394. The van der Waals surface area contributed by atoms with Gasteiger partial charge in [-0.05, 0) is 119 Å². The molecule has 1 aromatic heterocycles. The van der Waals surface area contributed by atoms with Crippen molar-refractivity contribution in [3.05, 3.63) is 204 Å². The summed E-state index contributed by atoms with van der Waals surface area (Å²) in [5.41, 5.74) is 11.2. The van der Waals surface area contributed by atoms with Crippen molar-refractivity contribution in [3.63, 3.8) is 0 Å². The molecule has 8 aromatic carbocycles. The summed E-state index contributed by atoms with van der Waals surface area (Å²) in [6.07, 6.45) is 3.25. The van der Waals surface area contributed by atoms with E-state index < -0.39 is 0 Å². The van der Waals surface area contributed by atoms with Crippen LogP contribution in [-0.4, -0.2) is 0 Å². The van der Waals surface area contributed by atoms with Gasteiger partial charge in [0.05, 0.1) is 5.69 Å². The number of anilines is 6. The van der Waals surface area contributed by atoms with Crippen LogP contribution in [0.4, 0.5) is 34.1 Å². The topological polar surface area (TPSA) is 19.6 Å². The lowest BCUT2D eigenvalue weighted by Gasteiger charge is -2.29. The normalized spacial score (nSPS) is 13.9. The molecule has 0 spiro atoms. The molecule has 3 heteroatoms. The number of furan rings is 1. The summed E-state index contributed by atoms with van der Waals surface area (Å²) in [7, 11) is 0. The number of benzene rings is 8. The van der Waals surface area contributed by atoms with Gasteiger partial charge in [-0.15, -0.1) is 0 Å². The fraction of sp³-hybridized carbons (Fsp3) is 0.0588. The maximum absolute atomic E-state index is 6.34. The summed E-state index contributed by atoms with van der Waals surface area (Å²) in [6.45, 7) is 2.27. The molecular formula is C51H38N2O. The van der Waals surface area contributed by atoms with Gasteiger partial charge in [0.1, 0.15) is 11.0 Å². The first-order valence-electron chi connectivity index (χ1n) is 18.7. The van der Waals surface area contributed by atoms with Crippen molar-refractivity contribution in [2.24, 2.45) is 5.92 Å². The molecule has 54 heavy (non-hydrogen) atoms. The molecule has 9 aromatic rings. The van der Waals surface area contributed by atoms with Crippen molar-refractivity contribution in [1.82, 2.24) is 0 Å². The van der Waals surface area contributed by atoms with Crippen LogP contribution in [0.15, 0.2) is 192 Å². The Morgan fingerprint density at radius 1 is 0.463 bits per heavy atom. The smallest absolute Gasteiger partial charge is 0.135 e. The zero-order valence-electron chi connectivity index (χ0n) is 30.1. The van der Waals surface area contributed by atoms with Gasteiger partial charge in [0.2, 0.25) is 0 Å². The Morgan fingerprint density at radius 2 is 1.02 bits per heavy atom. The van der Waals surface area contributed by atoms with Crippen LogP contribution in [0.2, 0.25) is 0 Å². The number of rotatable bonds is 7. The van der Waals surface area contributed by atoms with Crippen LogP contribution in [0.25, 0.3) is 44.2 Å². The Morgan fingerprint density at radius 3 is 1.70 bits per heavy atom. The molecule has 0 N–H and O–H groups in total. The summed E-state index contributed by atoms with van der Waals surface area (Å²) < 4.78 is 6.34. The van der Waals surface area contributed by atoms with E-state index >= 15 is 0 Å². The van der Waals surface area contributed by atoms with Gasteiger partial charge in [0.25, 0.3) is 0 Å². The first-order valence-corrected chi connectivity index (χ1v) is 18.7. The summed E-state index contributed by atoms with van der Waals surface area (Å²) in [5, 5.41) is 7.24. The zero-order chi connectivity index (χ0) is 36.0. The Balaban J connectivity index is 1.15. The number of fused-ring (bicyclic) bond motifs is 6. The molecule has 1 heterocycles. The second-order valence-corrected chi connectivity index (χ2v) is 14.2. The summed E-state index contributed by atoms with van der Waals surface area (Å²) in [4.78, 5) is 4.75. The average molecular weight is 695 g/mol. The predicted octanol–water partition coefficient (Wildman–Crippen LogP) is 12.7. The van der Waals surface area contributed by atoms with E-state index in [1.54, 1.807) is 0 Å². The number of para-hydroxylation sites is 4. The fourth-order valence-corrected chi connectivity index (χ4v) is 8.31. The minimum Gasteiger partial charge on any atom is -0.456 e. The molecule has 1 aliphatic carbocycles. The average Bonchev–Trinajstić information content (AvgIpc) is 3.60. The lowest BCUT2D eigenvalue weighted by Crippen LogP contribution is -2.29. The lowest BCUT2D eigenvalue weighted by atomic mass is 9.89. The van der Waals surface area contributed by atoms with Crippen LogP contribution < -0.4 is 20.4 Å². The largest absolute Gasteiger partial charge is 0.456 e. The molecule has 1 atom stereocenters. The van der Waals surface area contributed by atoms with Gasteiger partial charge in [-0.1, -0.05) is 122 Å². The Bertz CT molecular complexity index is 2880. The molecular weight excluding hydrogens is 657 g/mol. The Kier molecular flexibility index (Phi) is 7.84. The highest BCUT2D eigenvalue weighted by atomic mass is 16.3. The molecule has 0 saturated heterocycles. The molecule has 3 nitrogen and oxygen atoms in total. The summed E-state index contributed by atoms with van der Waals surface area (Å²) >= 11 is 0. The molecule has 258 valence electrons. The van der Waals surface area contributed by atoms with Crippen molar-refractivity contribution in [1.29, 1.82) is 0 Å². The van der Waals surface area contributed by atoms with E-state index in [0.717, 1.165) is 51.5 Å². The highest BCUT2D eigenvalue weighted by Crippen LogP contribution is 2.44. The highest BCUT2D eigenvalue weighted by molar-refractivity contribution is 6.15. The van der Waals surface area contributed by atoms with E-state index in [9.17, 15) is 0 Å². The minimum absolute atomic E-state index is 0.394. The number of hydrogen-bond donors (Lipinski definition) is 0. The van der Waals surface area contributed by atoms with Gasteiger partial charge in [0, 0.05) is 44.4 Å². The van der Waals surface area contributed by atoms with Crippen molar-refractivity contribution < 1.29 is 4.42 Å². The van der Waals surface area contributed by atoms with Crippen molar-refractivity contribution in [3.8, 4) is 0 Å². The van der Waals surface area contributed by atoms with E-state index in [0.29, 0.717) is 5.92 Å². The molecule has 0 aliphatic heterocycles. The standard InChI is InChI=1S/C51H38N2O/c1-35-31-46(51-45-23-13-14-24-49(45)54-50(51)32-35)36-25-27-41(28-26-36)52(38-16-5-2-6-17-38)42-29-30-44-47(34-42)43-22-12-11-15-37(43)33-48(44)53(39-18-7-3-8-19-39)40-20-9-4-10-21-40/h2-30,32-35H,31H2,1H3. The van der Waals surface area contributed by atoms with E-state index in [1.165, 1.54) is 43.3 Å². The molecule has 0 radical (unpaired) electrons. The zero-order valence-corrected chi connectivity index (χ0v) is 30.1. The van der Waals surface area contributed by atoms with Gasteiger partial charge in [-0.2, -0.15) is 0 Å². The van der Waals surface area contributed by atoms with Crippen LogP contribution in [0.5, 0.6) is 0 Å². The monoisotopic (exact) mass is 694 g/mol. The highest BCUT2D eigenvalue weighted by Gasteiger charge is 2.21. The molecule has 0 fully saturated rings. The van der Waals surface area contributed by atoms with Crippen LogP contribution in [0.3, 0.4) is 0 Å². The second kappa shape index (κ2) is 13.3. The SMILES string of the molecule is CC1C=c2oc3ccccc3c2=C(c2ccc(N(c3ccccc3)c3ccc4c(N(c5ccccc5)c5ccccc5)cc5ccccc5c4c3)cc2)C1. The number of hydrogen-bond acceptors (Lipinski definition) is 3. The molecule has 10 rings (SSSR count). The van der Waals surface area contributed by atoms with Crippen LogP contribution in [0.1, 0.15) is 18.9 Å². The maximum Gasteiger partial charge on any atom is 0.135 e. The van der Waals surface area contributed by atoms with Crippen molar-refractivity contribution >= 4 is 78.3 Å². The van der Waals surface area contributed by atoms with Crippen LogP contribution >= 0.6 is 0 Å². The summed E-state index contributed by atoms with van der Waals surface area (Å²) in [6, 6.07) is 67.6. The first-order chi connectivity index (χ1) is 26.7. The number of nitrogens with zero attached hydrogens (tertiary/aromatic N) is 2. The Labute approximate surface area is 315 Å². The van der Waals surface area contributed by atoms with Gasteiger partial charge in [0.15, 0.2) is 0 Å². The van der Waals surface area contributed by atoms with Gasteiger partial charge in [-0.25, -0.2) is 0 Å². The molecule has 0 saturated carbocycles. The van der Waals surface area contributed by atoms with E-state index in [1.807, 2.05) is 6.07 Å². The van der Waals surface area contributed by atoms with Crippen molar-refractivity contribution in [2.45, 2.75) is 13.3 Å². The Hall–Kier alpha value is -6.84. The molecule has 1 aliphatic rings. The van der Waals surface area contributed by atoms with Gasteiger partial charge in [-0.3, -0.25) is 0 Å². The van der Waals surface area contributed by atoms with Crippen LogP contribution in [-0.2, 0) is 0 Å². The van der Waals surface area contributed by atoms with Gasteiger partial charge >= 0.3 is 0 Å². The van der Waals surface area contributed by atoms with Gasteiger partial charge < -0.3 is 14.2 Å². The molecule has 0 amide bonds. The predicted molar refractivity (Wildman–Crippen MR) is 227 cm³/mol. The third-order valence-electron chi connectivity index (χ3n) is 10.7.